The van der Waals surface area contributed by atoms with E-state index in [1.54, 1.807) is 0 Å². The summed E-state index contributed by atoms with van der Waals surface area (Å²) in [6.45, 7) is 4.36. The number of anilines is 1. The predicted molar refractivity (Wildman–Crippen MR) is 125 cm³/mol. The molecule has 3 aromatic rings. The van der Waals surface area contributed by atoms with Crippen molar-refractivity contribution in [1.29, 1.82) is 0 Å². The minimum Gasteiger partial charge on any atom is -0.356 e. The Labute approximate surface area is 184 Å². The Kier molecular flexibility index (Phi) is 6.92. The third kappa shape index (κ3) is 5.69. The van der Waals surface area contributed by atoms with Crippen molar-refractivity contribution in [3.05, 3.63) is 78.1 Å². The molecule has 4 rings (SSSR count). The van der Waals surface area contributed by atoms with Crippen LogP contribution >= 0.6 is 0 Å². The van der Waals surface area contributed by atoms with E-state index in [9.17, 15) is 4.79 Å². The lowest BCUT2D eigenvalue weighted by Crippen LogP contribution is -2.44. The van der Waals surface area contributed by atoms with E-state index in [0.29, 0.717) is 19.0 Å². The fourth-order valence-corrected chi connectivity index (χ4v) is 4.05. The van der Waals surface area contributed by atoms with E-state index in [1.807, 2.05) is 18.5 Å². The van der Waals surface area contributed by atoms with Gasteiger partial charge in [-0.3, -0.25) is 4.79 Å². The van der Waals surface area contributed by atoms with Gasteiger partial charge in [-0.1, -0.05) is 60.2 Å². The summed E-state index contributed by atoms with van der Waals surface area (Å²) in [6.07, 6.45) is 7.59. The van der Waals surface area contributed by atoms with Crippen molar-refractivity contribution in [3.63, 3.8) is 0 Å². The molecule has 0 aliphatic carbocycles. The van der Waals surface area contributed by atoms with E-state index in [2.05, 4.69) is 75.6 Å². The first-order valence-corrected chi connectivity index (χ1v) is 11.1. The van der Waals surface area contributed by atoms with Gasteiger partial charge in [0, 0.05) is 37.6 Å². The van der Waals surface area contributed by atoms with Crippen LogP contribution in [0.25, 0.3) is 11.1 Å². The van der Waals surface area contributed by atoms with Crippen molar-refractivity contribution >= 4 is 11.9 Å². The molecule has 1 N–H and O–H groups in total. The molecule has 1 amide bonds. The van der Waals surface area contributed by atoms with Crippen molar-refractivity contribution in [2.75, 3.05) is 24.5 Å². The lowest BCUT2D eigenvalue weighted by atomic mass is 9.97. The molecule has 1 unspecified atom stereocenters. The smallest absolute Gasteiger partial charge is 0.225 e. The van der Waals surface area contributed by atoms with Crippen LogP contribution in [0.2, 0.25) is 0 Å². The summed E-state index contributed by atoms with van der Waals surface area (Å²) in [5.74, 6) is 0.845. The maximum Gasteiger partial charge on any atom is 0.225 e. The fraction of sp³-hybridized carbons (Fsp3) is 0.346. The Bertz CT molecular complexity index is 971. The summed E-state index contributed by atoms with van der Waals surface area (Å²) >= 11 is 0. The monoisotopic (exact) mass is 414 g/mol. The zero-order valence-corrected chi connectivity index (χ0v) is 18.1. The molecule has 0 spiro atoms. The van der Waals surface area contributed by atoms with E-state index in [1.165, 1.54) is 11.1 Å². The molecule has 2 aromatic carbocycles. The standard InChI is InChI=1S/C26H30N4O/c1-20-11-13-22(14-12-20)24-17-28-26(29-18-24)30-16-6-10-23(19-30)25(31)27-15-5-9-21-7-3-2-4-8-21/h2-4,7-8,11-14,17-18,23H,5-6,9-10,15-16,19H2,1H3,(H,27,31). The largest absolute Gasteiger partial charge is 0.356 e. The first kappa shape index (κ1) is 21.0. The van der Waals surface area contributed by atoms with E-state index in [-0.39, 0.29) is 11.8 Å². The molecule has 1 saturated heterocycles. The van der Waals surface area contributed by atoms with Crippen molar-refractivity contribution in [3.8, 4) is 11.1 Å². The maximum absolute atomic E-state index is 12.7. The van der Waals surface area contributed by atoms with Gasteiger partial charge in [-0.05, 0) is 43.7 Å². The number of aryl methyl sites for hydroxylation is 2. The number of rotatable bonds is 7. The number of carbonyl (C=O) groups excluding carboxylic acids is 1. The SMILES string of the molecule is Cc1ccc(-c2cnc(N3CCCC(C(=O)NCCCc4ccccc4)C3)nc2)cc1. The van der Waals surface area contributed by atoms with E-state index in [4.69, 9.17) is 0 Å². The molecule has 1 fully saturated rings. The fourth-order valence-electron chi connectivity index (χ4n) is 4.05. The molecule has 0 radical (unpaired) electrons. The van der Waals surface area contributed by atoms with Crippen LogP contribution in [-0.2, 0) is 11.2 Å². The number of amides is 1. The normalized spacial score (nSPS) is 16.2. The molecule has 2 heterocycles. The van der Waals surface area contributed by atoms with Gasteiger partial charge in [-0.2, -0.15) is 0 Å². The summed E-state index contributed by atoms with van der Waals surface area (Å²) in [7, 11) is 0. The predicted octanol–water partition coefficient (Wildman–Crippen LogP) is 4.42. The van der Waals surface area contributed by atoms with E-state index < -0.39 is 0 Å². The second kappa shape index (κ2) is 10.2. The Morgan fingerprint density at radius 1 is 1.03 bits per heavy atom. The number of hydrogen-bond acceptors (Lipinski definition) is 4. The van der Waals surface area contributed by atoms with Crippen LogP contribution in [0.3, 0.4) is 0 Å². The molecule has 1 aliphatic rings. The summed E-state index contributed by atoms with van der Waals surface area (Å²) in [6, 6.07) is 18.8. The van der Waals surface area contributed by atoms with Crippen molar-refractivity contribution in [1.82, 2.24) is 15.3 Å². The molecular formula is C26H30N4O. The second-order valence-corrected chi connectivity index (χ2v) is 8.30. The van der Waals surface area contributed by atoms with Gasteiger partial charge in [0.15, 0.2) is 0 Å². The minimum absolute atomic E-state index is 0.00847. The molecule has 31 heavy (non-hydrogen) atoms. The van der Waals surface area contributed by atoms with Crippen LogP contribution in [0.1, 0.15) is 30.4 Å². The molecule has 160 valence electrons. The summed E-state index contributed by atoms with van der Waals surface area (Å²) < 4.78 is 0. The Morgan fingerprint density at radius 3 is 2.52 bits per heavy atom. The highest BCUT2D eigenvalue weighted by Crippen LogP contribution is 2.23. The molecule has 5 heteroatoms. The van der Waals surface area contributed by atoms with Crippen molar-refractivity contribution in [2.45, 2.75) is 32.6 Å². The van der Waals surface area contributed by atoms with Gasteiger partial charge in [0.1, 0.15) is 0 Å². The Hall–Kier alpha value is -3.21. The molecule has 5 nitrogen and oxygen atoms in total. The number of hydrogen-bond donors (Lipinski definition) is 1. The average molecular weight is 415 g/mol. The minimum atomic E-state index is -0.00847. The van der Waals surface area contributed by atoms with Crippen molar-refractivity contribution < 1.29 is 4.79 Å². The first-order chi connectivity index (χ1) is 15.2. The lowest BCUT2D eigenvalue weighted by Gasteiger charge is -2.32. The van der Waals surface area contributed by atoms with Gasteiger partial charge in [-0.25, -0.2) is 9.97 Å². The average Bonchev–Trinajstić information content (AvgIpc) is 2.83. The topological polar surface area (TPSA) is 58.1 Å². The van der Waals surface area contributed by atoms with Crippen LogP contribution in [0.4, 0.5) is 5.95 Å². The van der Waals surface area contributed by atoms with Crippen LogP contribution in [0.5, 0.6) is 0 Å². The molecular weight excluding hydrogens is 384 g/mol. The van der Waals surface area contributed by atoms with E-state index in [0.717, 1.165) is 43.4 Å². The first-order valence-electron chi connectivity index (χ1n) is 11.1. The molecule has 0 bridgehead atoms. The van der Waals surface area contributed by atoms with Gasteiger partial charge in [-0.15, -0.1) is 0 Å². The number of nitrogens with zero attached hydrogens (tertiary/aromatic N) is 3. The summed E-state index contributed by atoms with van der Waals surface area (Å²) in [4.78, 5) is 24.0. The third-order valence-corrected chi connectivity index (χ3v) is 5.88. The van der Waals surface area contributed by atoms with Gasteiger partial charge >= 0.3 is 0 Å². The van der Waals surface area contributed by atoms with Crippen LogP contribution < -0.4 is 10.2 Å². The Morgan fingerprint density at radius 2 is 1.77 bits per heavy atom. The van der Waals surface area contributed by atoms with Crippen molar-refractivity contribution in [2.24, 2.45) is 5.92 Å². The van der Waals surface area contributed by atoms with Crippen LogP contribution in [0, 0.1) is 12.8 Å². The summed E-state index contributed by atoms with van der Waals surface area (Å²) in [5.41, 5.74) is 4.67. The highest BCUT2D eigenvalue weighted by atomic mass is 16.1. The number of aromatic nitrogens is 2. The quantitative estimate of drug-likeness (QED) is 0.582. The van der Waals surface area contributed by atoms with Crippen LogP contribution in [-0.4, -0.2) is 35.5 Å². The Balaban J connectivity index is 1.28. The van der Waals surface area contributed by atoms with Crippen LogP contribution in [0.15, 0.2) is 67.0 Å². The summed E-state index contributed by atoms with van der Waals surface area (Å²) in [5, 5.41) is 3.12. The molecule has 0 saturated carbocycles. The highest BCUT2D eigenvalue weighted by molar-refractivity contribution is 5.79. The highest BCUT2D eigenvalue weighted by Gasteiger charge is 2.26. The second-order valence-electron chi connectivity index (χ2n) is 8.30. The molecule has 1 aliphatic heterocycles. The molecule has 1 aromatic heterocycles. The van der Waals surface area contributed by atoms with E-state index >= 15 is 0 Å². The number of piperidine rings is 1. The van der Waals surface area contributed by atoms with Gasteiger partial charge < -0.3 is 10.2 Å². The number of carbonyl (C=O) groups is 1. The third-order valence-electron chi connectivity index (χ3n) is 5.88. The molecule has 1 atom stereocenters. The number of nitrogens with one attached hydrogen (secondary N) is 1. The van der Waals surface area contributed by atoms with Gasteiger partial charge in [0.25, 0.3) is 0 Å². The lowest BCUT2D eigenvalue weighted by molar-refractivity contribution is -0.125. The van der Waals surface area contributed by atoms with Gasteiger partial charge in [0.05, 0.1) is 5.92 Å². The van der Waals surface area contributed by atoms with Gasteiger partial charge in [0.2, 0.25) is 11.9 Å². The maximum atomic E-state index is 12.7. The number of benzene rings is 2. The zero-order chi connectivity index (χ0) is 21.5. The zero-order valence-electron chi connectivity index (χ0n) is 18.1.